The number of nitrogens with two attached hydrogens (primary N) is 1. The van der Waals surface area contributed by atoms with Crippen LogP contribution in [-0.4, -0.2) is 29.8 Å². The average Bonchev–Trinajstić information content (AvgIpc) is 3.35. The Morgan fingerprint density at radius 2 is 1.85 bits per heavy atom. The third kappa shape index (κ3) is 6.56. The Morgan fingerprint density at radius 1 is 1.18 bits per heavy atom. The molecule has 2 aromatic rings. The van der Waals surface area contributed by atoms with Crippen LogP contribution in [0.1, 0.15) is 61.0 Å². The van der Waals surface area contributed by atoms with E-state index < -0.39 is 0 Å². The highest BCUT2D eigenvalue weighted by Gasteiger charge is 2.26. The zero-order valence-electron chi connectivity index (χ0n) is 19.2. The SMILES string of the molecule is CC(C)(CN)CN(Cc1cc(NC(=O)C2CCCC2)ccc1Cl)C(=O)c1ccc(C#N)cc1. The summed E-state index contributed by atoms with van der Waals surface area (Å²) in [4.78, 5) is 27.7. The van der Waals surface area contributed by atoms with Crippen LogP contribution in [0.5, 0.6) is 0 Å². The predicted molar refractivity (Wildman–Crippen MR) is 131 cm³/mol. The van der Waals surface area contributed by atoms with Crippen LogP contribution in [0, 0.1) is 22.7 Å². The van der Waals surface area contributed by atoms with Crippen molar-refractivity contribution in [2.75, 3.05) is 18.4 Å². The number of amides is 2. The van der Waals surface area contributed by atoms with Gasteiger partial charge in [-0.3, -0.25) is 9.59 Å². The summed E-state index contributed by atoms with van der Waals surface area (Å²) in [7, 11) is 0. The van der Waals surface area contributed by atoms with E-state index in [2.05, 4.69) is 11.4 Å². The minimum Gasteiger partial charge on any atom is -0.334 e. The Labute approximate surface area is 200 Å². The van der Waals surface area contributed by atoms with Gasteiger partial charge in [0.15, 0.2) is 0 Å². The van der Waals surface area contributed by atoms with Gasteiger partial charge < -0.3 is 16.0 Å². The van der Waals surface area contributed by atoms with Crippen molar-refractivity contribution in [1.29, 1.82) is 5.26 Å². The summed E-state index contributed by atoms with van der Waals surface area (Å²) in [6.07, 6.45) is 4.03. The van der Waals surface area contributed by atoms with E-state index in [4.69, 9.17) is 22.6 Å². The number of nitrogens with one attached hydrogen (secondary N) is 1. The number of carbonyl (C=O) groups excluding carboxylic acids is 2. The number of nitriles is 1. The van der Waals surface area contributed by atoms with Gasteiger partial charge in [-0.1, -0.05) is 38.3 Å². The molecule has 7 heteroatoms. The number of rotatable bonds is 8. The van der Waals surface area contributed by atoms with Crippen LogP contribution < -0.4 is 11.1 Å². The topological polar surface area (TPSA) is 99.2 Å². The molecule has 0 unspecified atom stereocenters. The van der Waals surface area contributed by atoms with Crippen molar-refractivity contribution in [3.8, 4) is 6.07 Å². The zero-order chi connectivity index (χ0) is 24.0. The second-order valence-corrected chi connectivity index (χ2v) is 9.90. The summed E-state index contributed by atoms with van der Waals surface area (Å²) in [6.45, 7) is 5.12. The normalized spacial score (nSPS) is 14.0. The summed E-state index contributed by atoms with van der Waals surface area (Å²) in [5, 5.41) is 12.6. The smallest absolute Gasteiger partial charge is 0.254 e. The molecular weight excluding hydrogens is 436 g/mol. The molecule has 0 aromatic heterocycles. The van der Waals surface area contributed by atoms with Gasteiger partial charge in [0.1, 0.15) is 0 Å². The van der Waals surface area contributed by atoms with Crippen molar-refractivity contribution >= 4 is 29.1 Å². The van der Waals surface area contributed by atoms with Crippen molar-refractivity contribution in [2.24, 2.45) is 17.1 Å². The highest BCUT2D eigenvalue weighted by molar-refractivity contribution is 6.31. The largest absolute Gasteiger partial charge is 0.334 e. The van der Waals surface area contributed by atoms with Gasteiger partial charge >= 0.3 is 0 Å². The number of carbonyl (C=O) groups is 2. The van der Waals surface area contributed by atoms with E-state index in [1.165, 1.54) is 0 Å². The molecule has 1 fully saturated rings. The molecular formula is C26H31ClN4O2. The standard InChI is InChI=1S/C26H31ClN4O2/c1-26(2,16-29)17-31(25(33)20-9-7-18(14-28)8-10-20)15-21-13-22(11-12-23(21)27)30-24(32)19-5-3-4-6-19/h7-13,19H,3-6,15-17,29H2,1-2H3,(H,30,32). The molecule has 0 bridgehead atoms. The fourth-order valence-corrected chi connectivity index (χ4v) is 4.24. The highest BCUT2D eigenvalue weighted by atomic mass is 35.5. The third-order valence-electron chi connectivity index (χ3n) is 6.12. The van der Waals surface area contributed by atoms with E-state index >= 15 is 0 Å². The Bertz CT molecular complexity index is 1040. The Kier molecular flexibility index (Phi) is 8.12. The summed E-state index contributed by atoms with van der Waals surface area (Å²) in [5.41, 5.74) is 8.05. The van der Waals surface area contributed by atoms with Crippen molar-refractivity contribution in [2.45, 2.75) is 46.1 Å². The lowest BCUT2D eigenvalue weighted by Gasteiger charge is -2.32. The third-order valence-corrected chi connectivity index (χ3v) is 6.49. The van der Waals surface area contributed by atoms with Crippen LogP contribution in [0.3, 0.4) is 0 Å². The minimum atomic E-state index is -0.303. The summed E-state index contributed by atoms with van der Waals surface area (Å²) < 4.78 is 0. The molecule has 2 aromatic carbocycles. The van der Waals surface area contributed by atoms with E-state index in [-0.39, 0.29) is 29.7 Å². The molecule has 0 heterocycles. The van der Waals surface area contributed by atoms with Crippen molar-refractivity contribution in [1.82, 2.24) is 4.90 Å². The van der Waals surface area contributed by atoms with E-state index in [1.807, 2.05) is 19.9 Å². The van der Waals surface area contributed by atoms with Crippen LogP contribution in [0.4, 0.5) is 5.69 Å². The van der Waals surface area contributed by atoms with Gasteiger partial charge in [-0.25, -0.2) is 0 Å². The first-order chi connectivity index (χ1) is 15.7. The van der Waals surface area contributed by atoms with Crippen molar-refractivity contribution in [3.63, 3.8) is 0 Å². The van der Waals surface area contributed by atoms with Crippen molar-refractivity contribution in [3.05, 3.63) is 64.2 Å². The van der Waals surface area contributed by atoms with E-state index in [9.17, 15) is 9.59 Å². The van der Waals surface area contributed by atoms with Crippen LogP contribution in [0.15, 0.2) is 42.5 Å². The first-order valence-electron chi connectivity index (χ1n) is 11.3. The summed E-state index contributed by atoms with van der Waals surface area (Å²) in [6, 6.07) is 14.0. The van der Waals surface area contributed by atoms with E-state index in [0.717, 1.165) is 31.2 Å². The van der Waals surface area contributed by atoms with Gasteiger partial charge in [-0.15, -0.1) is 0 Å². The van der Waals surface area contributed by atoms with Gasteiger partial charge in [-0.2, -0.15) is 5.26 Å². The van der Waals surface area contributed by atoms with Crippen LogP contribution >= 0.6 is 11.6 Å². The molecule has 6 nitrogen and oxygen atoms in total. The molecule has 1 saturated carbocycles. The molecule has 33 heavy (non-hydrogen) atoms. The molecule has 1 aliphatic carbocycles. The molecule has 0 spiro atoms. The molecule has 2 amide bonds. The van der Waals surface area contributed by atoms with Gasteiger partial charge in [0.05, 0.1) is 11.6 Å². The fourth-order valence-electron chi connectivity index (χ4n) is 4.06. The number of anilines is 1. The average molecular weight is 467 g/mol. The maximum atomic E-state index is 13.4. The fraction of sp³-hybridized carbons (Fsp3) is 0.423. The lowest BCUT2D eigenvalue weighted by atomic mass is 9.92. The monoisotopic (exact) mass is 466 g/mol. The van der Waals surface area contributed by atoms with Crippen LogP contribution in [-0.2, 0) is 11.3 Å². The van der Waals surface area contributed by atoms with Crippen LogP contribution in [0.25, 0.3) is 0 Å². The van der Waals surface area contributed by atoms with Gasteiger partial charge in [0.2, 0.25) is 5.91 Å². The molecule has 174 valence electrons. The Hall–Kier alpha value is -2.88. The second kappa shape index (κ2) is 10.8. The van der Waals surface area contributed by atoms with Gasteiger partial charge in [-0.05, 0) is 72.8 Å². The molecule has 0 radical (unpaired) electrons. The first kappa shape index (κ1) is 24.8. The number of halogens is 1. The molecule has 1 aliphatic rings. The lowest BCUT2D eigenvalue weighted by Crippen LogP contribution is -2.41. The zero-order valence-corrected chi connectivity index (χ0v) is 20.0. The predicted octanol–water partition coefficient (Wildman–Crippen LogP) is 4.97. The van der Waals surface area contributed by atoms with E-state index in [1.54, 1.807) is 41.3 Å². The first-order valence-corrected chi connectivity index (χ1v) is 11.7. The molecule has 3 rings (SSSR count). The highest BCUT2D eigenvalue weighted by Crippen LogP contribution is 2.28. The molecule has 0 aliphatic heterocycles. The Balaban J connectivity index is 1.84. The van der Waals surface area contributed by atoms with Crippen LogP contribution in [0.2, 0.25) is 5.02 Å². The molecule has 3 N–H and O–H groups in total. The number of hydrogen-bond donors (Lipinski definition) is 2. The maximum absolute atomic E-state index is 13.4. The summed E-state index contributed by atoms with van der Waals surface area (Å²) >= 11 is 6.49. The number of nitrogens with zero attached hydrogens (tertiary/aromatic N) is 2. The maximum Gasteiger partial charge on any atom is 0.254 e. The number of hydrogen-bond acceptors (Lipinski definition) is 4. The quantitative estimate of drug-likeness (QED) is 0.573. The molecule has 0 atom stereocenters. The summed E-state index contributed by atoms with van der Waals surface area (Å²) in [5.74, 6) is -0.0723. The minimum absolute atomic E-state index is 0.0375. The van der Waals surface area contributed by atoms with Gasteiger partial charge in [0, 0.05) is 35.3 Å². The van der Waals surface area contributed by atoms with Crippen molar-refractivity contribution < 1.29 is 9.59 Å². The Morgan fingerprint density at radius 3 is 2.45 bits per heavy atom. The van der Waals surface area contributed by atoms with E-state index in [0.29, 0.717) is 34.9 Å². The lowest BCUT2D eigenvalue weighted by molar-refractivity contribution is -0.119. The van der Waals surface area contributed by atoms with Gasteiger partial charge in [0.25, 0.3) is 5.91 Å². The number of benzene rings is 2. The second-order valence-electron chi connectivity index (χ2n) is 9.50. The molecule has 0 saturated heterocycles.